The first-order chi connectivity index (χ1) is 11.3. The van der Waals surface area contributed by atoms with Crippen LogP contribution in [0.4, 0.5) is 0 Å². The van der Waals surface area contributed by atoms with Crippen molar-refractivity contribution >= 4 is 5.91 Å². The molecular weight excluding hydrogens is 306 g/mol. The Labute approximate surface area is 142 Å². The molecule has 1 heterocycles. The van der Waals surface area contributed by atoms with Crippen LogP contribution in [0.25, 0.3) is 0 Å². The third-order valence-electron chi connectivity index (χ3n) is 3.80. The summed E-state index contributed by atoms with van der Waals surface area (Å²) in [5.74, 6) is 0.797. The monoisotopic (exact) mass is 331 g/mol. The minimum absolute atomic E-state index is 0.174. The van der Waals surface area contributed by atoms with E-state index < -0.39 is 5.60 Å². The standard InChI is InChI=1S/C18H25N3O3/c1-5-15(17-19-12(2)21-24-17)20-16(22)14-8-6-13(7-9-14)10-11-18(3,4)23/h6-9,15,23H,5,10-11H2,1-4H3,(H,20,22)/t15-/m1/s1. The van der Waals surface area contributed by atoms with Gasteiger partial charge in [-0.05, 0) is 57.7 Å². The van der Waals surface area contributed by atoms with Crippen molar-refractivity contribution in [2.75, 3.05) is 0 Å². The van der Waals surface area contributed by atoms with Gasteiger partial charge in [0, 0.05) is 5.56 Å². The zero-order valence-corrected chi connectivity index (χ0v) is 14.7. The molecule has 2 rings (SSSR count). The molecular formula is C18H25N3O3. The Kier molecular flexibility index (Phi) is 5.72. The van der Waals surface area contributed by atoms with E-state index in [0.717, 1.165) is 12.0 Å². The molecule has 0 saturated heterocycles. The number of rotatable bonds is 7. The van der Waals surface area contributed by atoms with E-state index in [2.05, 4.69) is 15.5 Å². The van der Waals surface area contributed by atoms with Crippen LogP contribution in [-0.2, 0) is 6.42 Å². The van der Waals surface area contributed by atoms with Gasteiger partial charge in [-0.3, -0.25) is 4.79 Å². The van der Waals surface area contributed by atoms with Crippen LogP contribution < -0.4 is 5.32 Å². The van der Waals surface area contributed by atoms with Gasteiger partial charge in [-0.1, -0.05) is 24.2 Å². The second-order valence-corrected chi connectivity index (χ2v) is 6.62. The van der Waals surface area contributed by atoms with Crippen molar-refractivity contribution in [3.05, 3.63) is 47.1 Å². The zero-order valence-electron chi connectivity index (χ0n) is 14.7. The molecule has 1 amide bonds. The number of aryl methyl sites for hydroxylation is 2. The van der Waals surface area contributed by atoms with E-state index in [0.29, 0.717) is 30.1 Å². The molecule has 0 unspecified atom stereocenters. The molecule has 0 fully saturated rings. The first kappa shape index (κ1) is 18.1. The van der Waals surface area contributed by atoms with Gasteiger partial charge < -0.3 is 14.9 Å². The lowest BCUT2D eigenvalue weighted by atomic mass is 9.98. The number of aliphatic hydroxyl groups is 1. The summed E-state index contributed by atoms with van der Waals surface area (Å²) in [6.45, 7) is 7.27. The summed E-state index contributed by atoms with van der Waals surface area (Å²) in [6.07, 6.45) is 2.11. The lowest BCUT2D eigenvalue weighted by Gasteiger charge is -2.16. The topological polar surface area (TPSA) is 88.2 Å². The van der Waals surface area contributed by atoms with Gasteiger partial charge in [0.15, 0.2) is 5.82 Å². The van der Waals surface area contributed by atoms with Gasteiger partial charge in [0.2, 0.25) is 5.89 Å². The van der Waals surface area contributed by atoms with Crippen LogP contribution in [0.1, 0.15) is 67.3 Å². The Morgan fingerprint density at radius 3 is 2.50 bits per heavy atom. The van der Waals surface area contributed by atoms with Crippen molar-refractivity contribution in [2.45, 2.75) is 58.6 Å². The fourth-order valence-electron chi connectivity index (χ4n) is 2.31. The van der Waals surface area contributed by atoms with Crippen molar-refractivity contribution in [1.29, 1.82) is 0 Å². The summed E-state index contributed by atoms with van der Waals surface area (Å²) < 4.78 is 5.14. The fourth-order valence-corrected chi connectivity index (χ4v) is 2.31. The Bertz CT molecular complexity index is 672. The highest BCUT2D eigenvalue weighted by Crippen LogP contribution is 2.17. The van der Waals surface area contributed by atoms with Crippen molar-refractivity contribution < 1.29 is 14.4 Å². The van der Waals surface area contributed by atoms with E-state index in [1.807, 2.05) is 19.1 Å². The number of benzene rings is 1. The van der Waals surface area contributed by atoms with Gasteiger partial charge in [-0.2, -0.15) is 4.98 Å². The molecule has 24 heavy (non-hydrogen) atoms. The van der Waals surface area contributed by atoms with Crippen molar-refractivity contribution in [2.24, 2.45) is 0 Å². The number of nitrogens with zero attached hydrogens (tertiary/aromatic N) is 2. The number of hydrogen-bond donors (Lipinski definition) is 2. The Morgan fingerprint density at radius 1 is 1.33 bits per heavy atom. The first-order valence-electron chi connectivity index (χ1n) is 8.21. The van der Waals surface area contributed by atoms with Gasteiger partial charge in [0.1, 0.15) is 6.04 Å². The smallest absolute Gasteiger partial charge is 0.251 e. The van der Waals surface area contributed by atoms with E-state index in [9.17, 15) is 9.90 Å². The number of carbonyl (C=O) groups excluding carboxylic acids is 1. The minimum atomic E-state index is -0.688. The van der Waals surface area contributed by atoms with E-state index >= 15 is 0 Å². The molecule has 0 aliphatic rings. The molecule has 0 radical (unpaired) electrons. The van der Waals surface area contributed by atoms with Crippen molar-refractivity contribution in [3.8, 4) is 0 Å². The third-order valence-corrected chi connectivity index (χ3v) is 3.80. The van der Waals surface area contributed by atoms with Crippen LogP contribution in [0.5, 0.6) is 0 Å². The molecule has 0 spiro atoms. The normalized spacial score (nSPS) is 12.9. The van der Waals surface area contributed by atoms with Crippen LogP contribution in [0.2, 0.25) is 0 Å². The molecule has 6 nitrogen and oxygen atoms in total. The Hall–Kier alpha value is -2.21. The van der Waals surface area contributed by atoms with Gasteiger partial charge >= 0.3 is 0 Å². The van der Waals surface area contributed by atoms with Crippen LogP contribution in [0.15, 0.2) is 28.8 Å². The average Bonchev–Trinajstić information content (AvgIpc) is 2.96. The first-order valence-corrected chi connectivity index (χ1v) is 8.21. The average molecular weight is 331 g/mol. The van der Waals surface area contributed by atoms with E-state index in [-0.39, 0.29) is 11.9 Å². The van der Waals surface area contributed by atoms with Crippen LogP contribution in [0.3, 0.4) is 0 Å². The van der Waals surface area contributed by atoms with Crippen LogP contribution in [0, 0.1) is 6.92 Å². The predicted octanol–water partition coefficient (Wildman–Crippen LogP) is 2.96. The molecule has 0 aliphatic carbocycles. The number of nitrogens with one attached hydrogen (secondary N) is 1. The van der Waals surface area contributed by atoms with Crippen LogP contribution in [-0.4, -0.2) is 26.8 Å². The van der Waals surface area contributed by atoms with Gasteiger partial charge in [-0.25, -0.2) is 0 Å². The summed E-state index contributed by atoms with van der Waals surface area (Å²) in [5, 5.41) is 16.4. The quantitative estimate of drug-likeness (QED) is 0.814. The molecule has 1 aromatic heterocycles. The molecule has 0 bridgehead atoms. The largest absolute Gasteiger partial charge is 0.390 e. The SMILES string of the molecule is CC[C@@H](NC(=O)c1ccc(CCC(C)(C)O)cc1)c1nc(C)no1. The number of hydrogen-bond acceptors (Lipinski definition) is 5. The molecule has 1 aromatic carbocycles. The second kappa shape index (κ2) is 7.57. The predicted molar refractivity (Wildman–Crippen MR) is 90.6 cm³/mol. The maximum atomic E-state index is 12.4. The molecule has 2 N–H and O–H groups in total. The van der Waals surface area contributed by atoms with E-state index in [1.54, 1.807) is 32.9 Å². The van der Waals surface area contributed by atoms with Gasteiger partial charge in [-0.15, -0.1) is 0 Å². The highest BCUT2D eigenvalue weighted by Gasteiger charge is 2.19. The van der Waals surface area contributed by atoms with Gasteiger partial charge in [0.25, 0.3) is 5.91 Å². The summed E-state index contributed by atoms with van der Waals surface area (Å²) in [7, 11) is 0. The van der Waals surface area contributed by atoms with Crippen molar-refractivity contribution in [1.82, 2.24) is 15.5 Å². The zero-order chi connectivity index (χ0) is 17.7. The molecule has 130 valence electrons. The lowest BCUT2D eigenvalue weighted by molar-refractivity contribution is 0.0713. The van der Waals surface area contributed by atoms with Crippen molar-refractivity contribution in [3.63, 3.8) is 0 Å². The molecule has 0 aliphatic heterocycles. The van der Waals surface area contributed by atoms with E-state index in [4.69, 9.17) is 4.52 Å². The van der Waals surface area contributed by atoms with Gasteiger partial charge in [0.05, 0.1) is 5.60 Å². The summed E-state index contributed by atoms with van der Waals surface area (Å²) in [6, 6.07) is 7.12. The van der Waals surface area contributed by atoms with E-state index in [1.165, 1.54) is 0 Å². The Balaban J connectivity index is 1.99. The number of aromatic nitrogens is 2. The highest BCUT2D eigenvalue weighted by molar-refractivity contribution is 5.94. The minimum Gasteiger partial charge on any atom is -0.390 e. The molecule has 2 aromatic rings. The summed E-state index contributed by atoms with van der Waals surface area (Å²) in [5.41, 5.74) is 0.983. The summed E-state index contributed by atoms with van der Waals surface area (Å²) in [4.78, 5) is 16.6. The maximum Gasteiger partial charge on any atom is 0.251 e. The number of carbonyl (C=O) groups is 1. The fraction of sp³-hybridized carbons (Fsp3) is 0.500. The lowest BCUT2D eigenvalue weighted by Crippen LogP contribution is -2.28. The molecule has 0 saturated carbocycles. The maximum absolute atomic E-state index is 12.4. The third kappa shape index (κ3) is 5.16. The second-order valence-electron chi connectivity index (χ2n) is 6.62. The molecule has 6 heteroatoms. The highest BCUT2D eigenvalue weighted by atomic mass is 16.5. The summed E-state index contributed by atoms with van der Waals surface area (Å²) >= 11 is 0. The Morgan fingerprint density at radius 2 is 2.00 bits per heavy atom. The van der Waals surface area contributed by atoms with Crippen LogP contribution >= 0.6 is 0 Å². The molecule has 1 atom stereocenters. The number of amides is 1.